The van der Waals surface area contributed by atoms with Gasteiger partial charge in [0, 0.05) is 11.6 Å². The van der Waals surface area contributed by atoms with E-state index in [-0.39, 0.29) is 0 Å². The first kappa shape index (κ1) is 13.2. The Morgan fingerprint density at radius 1 is 1.41 bits per heavy atom. The zero-order chi connectivity index (χ0) is 13.4. The molecule has 0 saturated carbocycles. The van der Waals surface area contributed by atoms with E-state index in [4.69, 9.17) is 10.8 Å². The molecule has 94 valence electrons. The van der Waals surface area contributed by atoms with Crippen LogP contribution in [0.3, 0.4) is 0 Å². The summed E-state index contributed by atoms with van der Waals surface area (Å²) in [7, 11) is 0. The second kappa shape index (κ2) is 4.17. The molecule has 0 aliphatic rings. The average Bonchev–Trinajstić information content (AvgIpc) is 2.19. The van der Waals surface area contributed by atoms with Crippen LogP contribution in [0.4, 0.5) is 23.2 Å². The fourth-order valence-corrected chi connectivity index (χ4v) is 1.12. The van der Waals surface area contributed by atoms with Crippen LogP contribution in [-0.4, -0.2) is 16.2 Å². The number of nitro groups is 1. The lowest BCUT2D eigenvalue weighted by Crippen LogP contribution is -2.28. The van der Waals surface area contributed by atoms with E-state index < -0.39 is 40.0 Å². The van der Waals surface area contributed by atoms with E-state index in [1.54, 1.807) is 0 Å². The number of hydrogen-bond donors (Lipinski definition) is 2. The van der Waals surface area contributed by atoms with Gasteiger partial charge in [-0.05, 0) is 0 Å². The Kier molecular flexibility index (Phi) is 3.23. The van der Waals surface area contributed by atoms with Crippen LogP contribution >= 0.6 is 0 Å². The Bertz CT molecular complexity index is 461. The molecule has 0 aliphatic heterocycles. The SMILES string of the molecule is N[C@@H](c1cc([N+](=O)[O-])cc(F)c1O)C(F)(F)F. The summed E-state index contributed by atoms with van der Waals surface area (Å²) >= 11 is 0. The molecule has 9 heteroatoms. The summed E-state index contributed by atoms with van der Waals surface area (Å²) in [6.07, 6.45) is -4.95. The van der Waals surface area contributed by atoms with E-state index in [1.807, 2.05) is 0 Å². The highest BCUT2D eigenvalue weighted by atomic mass is 19.4. The maximum atomic E-state index is 13.0. The van der Waals surface area contributed by atoms with Crippen LogP contribution in [0.2, 0.25) is 0 Å². The van der Waals surface area contributed by atoms with E-state index in [0.717, 1.165) is 0 Å². The predicted molar refractivity (Wildman–Crippen MR) is 47.7 cm³/mol. The molecular formula is C8H6F4N2O3. The Balaban J connectivity index is 3.37. The number of non-ortho nitro benzene ring substituents is 1. The second-order valence-electron chi connectivity index (χ2n) is 3.14. The third kappa shape index (κ3) is 2.61. The number of alkyl halides is 3. The minimum atomic E-state index is -4.95. The van der Waals surface area contributed by atoms with Crippen molar-refractivity contribution in [2.45, 2.75) is 12.2 Å². The fraction of sp³-hybridized carbons (Fsp3) is 0.250. The van der Waals surface area contributed by atoms with Gasteiger partial charge in [0.05, 0.1) is 11.0 Å². The van der Waals surface area contributed by atoms with Gasteiger partial charge in [0.2, 0.25) is 0 Å². The first-order chi connectivity index (χ1) is 7.64. The Morgan fingerprint density at radius 2 is 1.94 bits per heavy atom. The van der Waals surface area contributed by atoms with E-state index in [0.29, 0.717) is 12.1 Å². The van der Waals surface area contributed by atoms with Crippen LogP contribution in [0.1, 0.15) is 11.6 Å². The normalized spacial score (nSPS) is 13.5. The van der Waals surface area contributed by atoms with Crippen molar-refractivity contribution in [2.75, 3.05) is 0 Å². The summed E-state index contributed by atoms with van der Waals surface area (Å²) in [6.45, 7) is 0. The smallest absolute Gasteiger partial charge is 0.407 e. The molecule has 0 amide bonds. The topological polar surface area (TPSA) is 89.4 Å². The van der Waals surface area contributed by atoms with Gasteiger partial charge in [0.15, 0.2) is 11.6 Å². The maximum Gasteiger partial charge on any atom is 0.407 e. The van der Waals surface area contributed by atoms with Gasteiger partial charge in [-0.15, -0.1) is 0 Å². The molecule has 0 aliphatic carbocycles. The molecule has 0 saturated heterocycles. The number of nitrogens with two attached hydrogens (primary N) is 1. The number of hydrogen-bond acceptors (Lipinski definition) is 4. The largest absolute Gasteiger partial charge is 0.505 e. The molecule has 17 heavy (non-hydrogen) atoms. The van der Waals surface area contributed by atoms with Crippen LogP contribution in [-0.2, 0) is 0 Å². The summed E-state index contributed by atoms with van der Waals surface area (Å²) in [6, 6.07) is -2.00. The molecule has 0 unspecified atom stereocenters. The standard InChI is InChI=1S/C8H6F4N2O3/c9-5-2-3(14(16)17)1-4(6(5)15)7(13)8(10,11)12/h1-2,7,15H,13H2/t7-/m0/s1. The highest BCUT2D eigenvalue weighted by Gasteiger charge is 2.40. The van der Waals surface area contributed by atoms with Crippen LogP contribution in [0.5, 0.6) is 5.75 Å². The molecule has 0 fully saturated rings. The number of nitro benzene ring substituents is 1. The number of nitrogens with zero attached hydrogens (tertiary/aromatic N) is 1. The van der Waals surface area contributed by atoms with Gasteiger partial charge in [0.25, 0.3) is 5.69 Å². The molecule has 3 N–H and O–H groups in total. The molecule has 1 aromatic rings. The van der Waals surface area contributed by atoms with Gasteiger partial charge in [-0.2, -0.15) is 13.2 Å². The van der Waals surface area contributed by atoms with Crippen molar-refractivity contribution in [1.29, 1.82) is 0 Å². The van der Waals surface area contributed by atoms with Crippen molar-refractivity contribution in [3.63, 3.8) is 0 Å². The van der Waals surface area contributed by atoms with Gasteiger partial charge in [-0.25, -0.2) is 4.39 Å². The quantitative estimate of drug-likeness (QED) is 0.480. The third-order valence-electron chi connectivity index (χ3n) is 1.98. The summed E-state index contributed by atoms with van der Waals surface area (Å²) in [5, 5.41) is 19.4. The second-order valence-corrected chi connectivity index (χ2v) is 3.14. The van der Waals surface area contributed by atoms with E-state index >= 15 is 0 Å². The average molecular weight is 254 g/mol. The van der Waals surface area contributed by atoms with E-state index in [2.05, 4.69) is 0 Å². The first-order valence-corrected chi connectivity index (χ1v) is 4.13. The highest BCUT2D eigenvalue weighted by molar-refractivity contribution is 5.46. The predicted octanol–water partition coefficient (Wildman–Crippen LogP) is 2.00. The summed E-state index contributed by atoms with van der Waals surface area (Å²) in [4.78, 5) is 9.24. The lowest BCUT2D eigenvalue weighted by atomic mass is 10.0. The van der Waals surface area contributed by atoms with Crippen molar-refractivity contribution in [1.82, 2.24) is 0 Å². The van der Waals surface area contributed by atoms with Crippen molar-refractivity contribution in [3.05, 3.63) is 33.6 Å². The lowest BCUT2D eigenvalue weighted by Gasteiger charge is -2.16. The monoisotopic (exact) mass is 254 g/mol. The van der Waals surface area contributed by atoms with Crippen molar-refractivity contribution in [3.8, 4) is 5.75 Å². The Morgan fingerprint density at radius 3 is 2.35 bits per heavy atom. The molecule has 1 atom stereocenters. The van der Waals surface area contributed by atoms with Gasteiger partial charge in [-0.3, -0.25) is 10.1 Å². The zero-order valence-electron chi connectivity index (χ0n) is 8.03. The molecule has 5 nitrogen and oxygen atoms in total. The molecule has 0 aromatic heterocycles. The van der Waals surface area contributed by atoms with Crippen LogP contribution < -0.4 is 5.73 Å². The molecule has 0 heterocycles. The number of aromatic hydroxyl groups is 1. The van der Waals surface area contributed by atoms with E-state index in [1.165, 1.54) is 0 Å². The van der Waals surface area contributed by atoms with Crippen LogP contribution in [0.25, 0.3) is 0 Å². The number of phenols is 1. The zero-order valence-corrected chi connectivity index (χ0v) is 8.03. The van der Waals surface area contributed by atoms with Gasteiger partial charge < -0.3 is 10.8 Å². The molecule has 1 rings (SSSR count). The summed E-state index contributed by atoms with van der Waals surface area (Å²) in [5.74, 6) is -2.88. The van der Waals surface area contributed by atoms with Crippen LogP contribution in [0, 0.1) is 15.9 Å². The molecule has 0 bridgehead atoms. The Labute approximate surface area is 91.6 Å². The van der Waals surface area contributed by atoms with Crippen molar-refractivity contribution < 1.29 is 27.6 Å². The van der Waals surface area contributed by atoms with Crippen molar-refractivity contribution >= 4 is 5.69 Å². The minimum absolute atomic E-state index is 0.307. The first-order valence-electron chi connectivity index (χ1n) is 4.13. The molecular weight excluding hydrogens is 248 g/mol. The summed E-state index contributed by atoms with van der Waals surface area (Å²) in [5.41, 5.74) is 2.74. The van der Waals surface area contributed by atoms with Gasteiger partial charge in [-0.1, -0.05) is 0 Å². The minimum Gasteiger partial charge on any atom is -0.505 e. The molecule has 0 radical (unpaired) electrons. The Hall–Kier alpha value is -1.90. The van der Waals surface area contributed by atoms with Gasteiger partial charge >= 0.3 is 6.18 Å². The van der Waals surface area contributed by atoms with Crippen molar-refractivity contribution in [2.24, 2.45) is 5.73 Å². The molecule has 0 spiro atoms. The molecule has 1 aromatic carbocycles. The number of halogens is 4. The van der Waals surface area contributed by atoms with Crippen LogP contribution in [0.15, 0.2) is 12.1 Å². The number of benzene rings is 1. The lowest BCUT2D eigenvalue weighted by molar-refractivity contribution is -0.385. The number of rotatable bonds is 2. The third-order valence-corrected chi connectivity index (χ3v) is 1.98. The van der Waals surface area contributed by atoms with Gasteiger partial charge in [0.1, 0.15) is 6.04 Å². The summed E-state index contributed by atoms with van der Waals surface area (Å²) < 4.78 is 49.7. The maximum absolute atomic E-state index is 13.0. The van der Waals surface area contributed by atoms with E-state index in [9.17, 15) is 27.7 Å². The number of phenolic OH excluding ortho intramolecular Hbond substituents is 1. The highest BCUT2D eigenvalue weighted by Crippen LogP contribution is 2.38. The fourth-order valence-electron chi connectivity index (χ4n) is 1.12.